The van der Waals surface area contributed by atoms with Gasteiger partial charge in [0.1, 0.15) is 0 Å². The van der Waals surface area contributed by atoms with E-state index in [4.69, 9.17) is 4.74 Å². The minimum atomic E-state index is 0.590. The maximum absolute atomic E-state index is 9.75. The summed E-state index contributed by atoms with van der Waals surface area (Å²) in [6, 6.07) is 0. The molecular weight excluding hydrogens is 132 g/mol. The van der Waals surface area contributed by atoms with E-state index in [2.05, 4.69) is 10.2 Å². The highest BCUT2D eigenvalue weighted by Crippen LogP contribution is 1.92. The number of nitrogens with one attached hydrogen (secondary N) is 1. The summed E-state index contributed by atoms with van der Waals surface area (Å²) in [4.78, 5) is 11.9. The van der Waals surface area contributed by atoms with Gasteiger partial charge in [-0.3, -0.25) is 9.69 Å². The van der Waals surface area contributed by atoms with Crippen molar-refractivity contribution >= 4 is 6.41 Å². The van der Waals surface area contributed by atoms with E-state index in [0.29, 0.717) is 6.67 Å². The largest absolute Gasteiger partial charge is 0.379 e. The predicted molar refractivity (Wildman–Crippen MR) is 36.1 cm³/mol. The van der Waals surface area contributed by atoms with Gasteiger partial charge in [-0.2, -0.15) is 0 Å². The highest BCUT2D eigenvalue weighted by molar-refractivity contribution is 5.46. The van der Waals surface area contributed by atoms with Crippen molar-refractivity contribution < 1.29 is 9.53 Å². The normalized spacial score (nSPS) is 20.4. The molecule has 0 bridgehead atoms. The summed E-state index contributed by atoms with van der Waals surface area (Å²) in [6.07, 6.45) is 1.63. The molecule has 0 spiro atoms. The van der Waals surface area contributed by atoms with Crippen LogP contribution in [0.5, 0.6) is 0 Å². The molecule has 1 rings (SSSR count). The summed E-state index contributed by atoms with van der Waals surface area (Å²) in [5.41, 5.74) is 0. The second-order valence-corrected chi connectivity index (χ2v) is 2.17. The molecule has 0 unspecified atom stereocenters. The highest BCUT2D eigenvalue weighted by Gasteiger charge is 2.08. The van der Waals surface area contributed by atoms with E-state index in [-0.39, 0.29) is 0 Å². The van der Waals surface area contributed by atoms with E-state index in [1.807, 2.05) is 0 Å². The molecule has 4 nitrogen and oxygen atoms in total. The second kappa shape index (κ2) is 4.24. The molecule has 0 atom stereocenters. The van der Waals surface area contributed by atoms with Gasteiger partial charge >= 0.3 is 6.41 Å². The summed E-state index contributed by atoms with van der Waals surface area (Å²) >= 11 is 0. The summed E-state index contributed by atoms with van der Waals surface area (Å²) < 4.78 is 5.11. The van der Waals surface area contributed by atoms with E-state index in [1.165, 1.54) is 0 Å². The van der Waals surface area contributed by atoms with Crippen LogP contribution >= 0.6 is 0 Å². The smallest absolute Gasteiger partial charge is 0.310 e. The third-order valence-corrected chi connectivity index (χ3v) is 1.48. The Labute approximate surface area is 60.1 Å². The average molecular weight is 143 g/mol. The minimum Gasteiger partial charge on any atom is -0.379 e. The number of morpholine rings is 1. The van der Waals surface area contributed by atoms with Crippen LogP contribution in [0.4, 0.5) is 0 Å². The van der Waals surface area contributed by atoms with Crippen LogP contribution in [0.2, 0.25) is 0 Å². The molecule has 4 heteroatoms. The van der Waals surface area contributed by atoms with E-state index < -0.39 is 0 Å². The minimum absolute atomic E-state index is 0.590. The molecule has 1 fully saturated rings. The van der Waals surface area contributed by atoms with Crippen LogP contribution in [0.3, 0.4) is 0 Å². The first-order chi connectivity index (χ1) is 4.93. The molecule has 0 aromatic rings. The van der Waals surface area contributed by atoms with E-state index in [1.54, 1.807) is 6.41 Å². The number of nitrogens with zero attached hydrogens (tertiary/aromatic N) is 1. The Balaban J connectivity index is 2.07. The molecule has 1 aliphatic rings. The van der Waals surface area contributed by atoms with Crippen LogP contribution in [-0.4, -0.2) is 44.3 Å². The van der Waals surface area contributed by atoms with Gasteiger partial charge in [-0.05, 0) is 0 Å². The van der Waals surface area contributed by atoms with Gasteiger partial charge in [0.2, 0.25) is 0 Å². The monoisotopic (exact) mass is 143 g/mol. The van der Waals surface area contributed by atoms with Crippen molar-refractivity contribution in [3.63, 3.8) is 0 Å². The lowest BCUT2D eigenvalue weighted by molar-refractivity contribution is 0.0366. The molecular formula is C6H11N2O2. The quantitative estimate of drug-likeness (QED) is 0.512. The summed E-state index contributed by atoms with van der Waals surface area (Å²) in [5.74, 6) is 0. The van der Waals surface area contributed by atoms with Crippen LogP contribution in [0.15, 0.2) is 0 Å². The Morgan fingerprint density at radius 1 is 1.50 bits per heavy atom. The highest BCUT2D eigenvalue weighted by atomic mass is 16.5. The lowest BCUT2D eigenvalue weighted by atomic mass is 10.4. The maximum atomic E-state index is 9.75. The molecule has 1 N–H and O–H groups in total. The number of hydrogen-bond donors (Lipinski definition) is 1. The van der Waals surface area contributed by atoms with Crippen molar-refractivity contribution in [1.82, 2.24) is 10.2 Å². The van der Waals surface area contributed by atoms with Gasteiger partial charge in [-0.15, -0.1) is 0 Å². The van der Waals surface area contributed by atoms with Gasteiger partial charge in [0.15, 0.2) is 0 Å². The van der Waals surface area contributed by atoms with Gasteiger partial charge in [0.05, 0.1) is 19.9 Å². The summed E-state index contributed by atoms with van der Waals surface area (Å²) in [6.45, 7) is 3.91. The molecule has 1 amide bonds. The fourth-order valence-electron chi connectivity index (χ4n) is 0.903. The second-order valence-electron chi connectivity index (χ2n) is 2.17. The predicted octanol–water partition coefficient (Wildman–Crippen LogP) is -1.07. The van der Waals surface area contributed by atoms with Crippen LogP contribution in [0.25, 0.3) is 0 Å². The van der Waals surface area contributed by atoms with Crippen molar-refractivity contribution in [3.8, 4) is 0 Å². The molecule has 1 saturated heterocycles. The molecule has 0 aromatic heterocycles. The molecule has 1 heterocycles. The first-order valence-electron chi connectivity index (χ1n) is 3.33. The number of rotatable bonds is 3. The first-order valence-corrected chi connectivity index (χ1v) is 3.33. The Hall–Kier alpha value is -0.610. The zero-order valence-electron chi connectivity index (χ0n) is 5.80. The van der Waals surface area contributed by atoms with Crippen molar-refractivity contribution in [2.75, 3.05) is 33.0 Å². The van der Waals surface area contributed by atoms with Crippen molar-refractivity contribution in [1.29, 1.82) is 0 Å². The lowest BCUT2D eigenvalue weighted by Crippen LogP contribution is -2.41. The summed E-state index contributed by atoms with van der Waals surface area (Å²) in [5, 5.41) is 2.48. The lowest BCUT2D eigenvalue weighted by Gasteiger charge is -2.25. The van der Waals surface area contributed by atoms with E-state index >= 15 is 0 Å². The van der Waals surface area contributed by atoms with Gasteiger partial charge in [0, 0.05) is 13.1 Å². The van der Waals surface area contributed by atoms with Crippen LogP contribution < -0.4 is 5.32 Å². The molecule has 57 valence electrons. The zero-order valence-corrected chi connectivity index (χ0v) is 5.80. The maximum Gasteiger partial charge on any atom is 0.310 e. The van der Waals surface area contributed by atoms with Crippen molar-refractivity contribution in [3.05, 3.63) is 0 Å². The third-order valence-electron chi connectivity index (χ3n) is 1.48. The third kappa shape index (κ3) is 2.33. The molecule has 0 aromatic carbocycles. The number of ether oxygens (including phenoxy) is 1. The van der Waals surface area contributed by atoms with Crippen LogP contribution in [0, 0.1) is 0 Å². The average Bonchev–Trinajstić information content (AvgIpc) is 2.03. The zero-order chi connectivity index (χ0) is 7.23. The Kier molecular flexibility index (Phi) is 3.18. The first kappa shape index (κ1) is 7.50. The molecule has 1 radical (unpaired) electrons. The summed E-state index contributed by atoms with van der Waals surface area (Å²) in [7, 11) is 0. The topological polar surface area (TPSA) is 41.6 Å². The number of carbonyl (C=O) groups excluding carboxylic acids is 1. The SMILES string of the molecule is O=[C]NCN1CCOCC1. The molecule has 1 aliphatic heterocycles. The van der Waals surface area contributed by atoms with Gasteiger partial charge in [-0.25, -0.2) is 0 Å². The Bertz CT molecular complexity index is 102. The van der Waals surface area contributed by atoms with E-state index in [9.17, 15) is 4.79 Å². The molecule has 10 heavy (non-hydrogen) atoms. The van der Waals surface area contributed by atoms with Gasteiger partial charge < -0.3 is 10.1 Å². The van der Waals surface area contributed by atoms with E-state index in [0.717, 1.165) is 26.3 Å². The van der Waals surface area contributed by atoms with Gasteiger partial charge in [-0.1, -0.05) is 0 Å². The standard InChI is InChI=1S/C6H11N2O2/c9-6-7-5-8-1-3-10-4-2-8/h1-5H2,(H,7,9). The number of hydrogen-bond acceptors (Lipinski definition) is 3. The number of amides is 1. The fourth-order valence-corrected chi connectivity index (χ4v) is 0.903. The van der Waals surface area contributed by atoms with Crippen molar-refractivity contribution in [2.45, 2.75) is 0 Å². The van der Waals surface area contributed by atoms with Crippen LogP contribution in [-0.2, 0) is 9.53 Å². The van der Waals surface area contributed by atoms with Crippen LogP contribution in [0.1, 0.15) is 0 Å². The Morgan fingerprint density at radius 3 is 2.80 bits per heavy atom. The van der Waals surface area contributed by atoms with Gasteiger partial charge in [0.25, 0.3) is 0 Å². The Morgan fingerprint density at radius 2 is 2.20 bits per heavy atom. The molecule has 0 aliphatic carbocycles. The van der Waals surface area contributed by atoms with Crippen molar-refractivity contribution in [2.24, 2.45) is 0 Å². The fraction of sp³-hybridized carbons (Fsp3) is 0.833. The molecule has 0 saturated carbocycles.